The molecule has 0 saturated carbocycles. The highest BCUT2D eigenvalue weighted by Crippen LogP contribution is 2.16. The monoisotopic (exact) mass is 356 g/mol. The number of aromatic nitrogens is 2. The number of benzene rings is 1. The highest BCUT2D eigenvalue weighted by atomic mass is 15.2. The second kappa shape index (κ2) is 9.03. The maximum absolute atomic E-state index is 4.69. The lowest BCUT2D eigenvalue weighted by atomic mass is 9.99. The molecular weight excluding hydrogens is 324 g/mol. The Kier molecular flexibility index (Phi) is 6.50. The molecule has 26 heavy (non-hydrogen) atoms. The molecule has 1 fully saturated rings. The number of nitrogens with one attached hydrogen (secondary N) is 2. The lowest BCUT2D eigenvalue weighted by Crippen LogP contribution is -2.39. The fourth-order valence-corrected chi connectivity index (χ4v) is 3.53. The Hall–Kier alpha value is -2.08. The highest BCUT2D eigenvalue weighted by molar-refractivity contribution is 5.80. The molecule has 0 spiro atoms. The van der Waals surface area contributed by atoms with Crippen molar-refractivity contribution in [3.8, 4) is 0 Å². The SMILES string of the molecule is CN=C(NCCCN1CCC(C)CC1)NCc1nc2ccccc2n1C. The molecule has 6 nitrogen and oxygen atoms in total. The summed E-state index contributed by atoms with van der Waals surface area (Å²) in [5, 5.41) is 6.79. The van der Waals surface area contributed by atoms with Gasteiger partial charge in [-0.05, 0) is 56.9 Å². The predicted octanol–water partition coefficient (Wildman–Crippen LogP) is 2.36. The van der Waals surface area contributed by atoms with E-state index in [1.165, 1.54) is 32.5 Å². The summed E-state index contributed by atoms with van der Waals surface area (Å²) in [5.41, 5.74) is 2.19. The van der Waals surface area contributed by atoms with Crippen LogP contribution in [0.1, 0.15) is 32.0 Å². The van der Waals surface area contributed by atoms with E-state index in [-0.39, 0.29) is 0 Å². The van der Waals surface area contributed by atoms with E-state index < -0.39 is 0 Å². The third-order valence-corrected chi connectivity index (χ3v) is 5.34. The van der Waals surface area contributed by atoms with Crippen molar-refractivity contribution in [3.63, 3.8) is 0 Å². The fourth-order valence-electron chi connectivity index (χ4n) is 3.53. The van der Waals surface area contributed by atoms with E-state index in [2.05, 4.69) is 45.1 Å². The van der Waals surface area contributed by atoms with Gasteiger partial charge >= 0.3 is 0 Å². The van der Waals surface area contributed by atoms with Crippen molar-refractivity contribution < 1.29 is 0 Å². The molecule has 1 aliphatic rings. The summed E-state index contributed by atoms with van der Waals surface area (Å²) in [6.45, 7) is 7.63. The first-order valence-corrected chi connectivity index (χ1v) is 9.74. The Morgan fingerprint density at radius 2 is 2.00 bits per heavy atom. The number of nitrogens with zero attached hydrogens (tertiary/aromatic N) is 4. The molecule has 0 aliphatic carbocycles. The second-order valence-electron chi connectivity index (χ2n) is 7.31. The maximum atomic E-state index is 4.69. The van der Waals surface area contributed by atoms with Gasteiger partial charge in [0.2, 0.25) is 0 Å². The predicted molar refractivity (Wildman–Crippen MR) is 108 cm³/mol. The van der Waals surface area contributed by atoms with Crippen molar-refractivity contribution in [2.24, 2.45) is 18.0 Å². The minimum atomic E-state index is 0.662. The number of hydrogen-bond acceptors (Lipinski definition) is 3. The molecule has 2 aromatic rings. The first-order valence-electron chi connectivity index (χ1n) is 9.74. The van der Waals surface area contributed by atoms with Gasteiger partial charge in [0.15, 0.2) is 5.96 Å². The lowest BCUT2D eigenvalue weighted by molar-refractivity contribution is 0.191. The minimum absolute atomic E-state index is 0.662. The molecule has 1 aromatic heterocycles. The number of aryl methyl sites for hydroxylation is 1. The van der Waals surface area contributed by atoms with Gasteiger partial charge in [0, 0.05) is 20.6 Å². The van der Waals surface area contributed by atoms with Crippen LogP contribution in [-0.4, -0.2) is 53.6 Å². The zero-order valence-corrected chi connectivity index (χ0v) is 16.3. The normalized spacial score (nSPS) is 17.0. The van der Waals surface area contributed by atoms with Gasteiger partial charge in [0.05, 0.1) is 17.6 Å². The largest absolute Gasteiger partial charge is 0.356 e. The second-order valence-corrected chi connectivity index (χ2v) is 7.31. The third-order valence-electron chi connectivity index (χ3n) is 5.34. The molecule has 142 valence electrons. The summed E-state index contributed by atoms with van der Waals surface area (Å²) in [6, 6.07) is 8.22. The molecule has 0 unspecified atom stereocenters. The van der Waals surface area contributed by atoms with E-state index in [9.17, 15) is 0 Å². The molecule has 2 N–H and O–H groups in total. The zero-order valence-electron chi connectivity index (χ0n) is 16.3. The minimum Gasteiger partial charge on any atom is -0.356 e. The third kappa shape index (κ3) is 4.75. The zero-order chi connectivity index (χ0) is 18.4. The van der Waals surface area contributed by atoms with Crippen molar-refractivity contribution in [1.82, 2.24) is 25.1 Å². The first kappa shape index (κ1) is 18.7. The Morgan fingerprint density at radius 3 is 2.73 bits per heavy atom. The fraction of sp³-hybridized carbons (Fsp3) is 0.600. The van der Waals surface area contributed by atoms with Crippen LogP contribution in [0.4, 0.5) is 0 Å². The van der Waals surface area contributed by atoms with E-state index >= 15 is 0 Å². The Morgan fingerprint density at radius 1 is 1.23 bits per heavy atom. The molecule has 2 heterocycles. The highest BCUT2D eigenvalue weighted by Gasteiger charge is 2.14. The van der Waals surface area contributed by atoms with Crippen molar-refractivity contribution in [2.45, 2.75) is 32.7 Å². The van der Waals surface area contributed by atoms with Crippen LogP contribution < -0.4 is 10.6 Å². The smallest absolute Gasteiger partial charge is 0.191 e. The van der Waals surface area contributed by atoms with Crippen LogP contribution in [0.15, 0.2) is 29.3 Å². The first-order chi connectivity index (χ1) is 12.7. The quantitative estimate of drug-likeness (QED) is 0.474. The summed E-state index contributed by atoms with van der Waals surface area (Å²) in [7, 11) is 3.87. The number of piperidine rings is 1. The summed E-state index contributed by atoms with van der Waals surface area (Å²) >= 11 is 0. The molecule has 1 aliphatic heterocycles. The summed E-state index contributed by atoms with van der Waals surface area (Å²) < 4.78 is 2.13. The Labute approximate surface area is 156 Å². The van der Waals surface area contributed by atoms with Gasteiger partial charge in [-0.15, -0.1) is 0 Å². The van der Waals surface area contributed by atoms with Crippen LogP contribution in [0.25, 0.3) is 11.0 Å². The van der Waals surface area contributed by atoms with E-state index in [0.717, 1.165) is 41.7 Å². The van der Waals surface area contributed by atoms with Gasteiger partial charge in [0.1, 0.15) is 5.82 Å². The van der Waals surface area contributed by atoms with Crippen molar-refractivity contribution in [3.05, 3.63) is 30.1 Å². The topological polar surface area (TPSA) is 57.5 Å². The van der Waals surface area contributed by atoms with E-state index in [4.69, 9.17) is 4.98 Å². The van der Waals surface area contributed by atoms with Crippen molar-refractivity contribution in [1.29, 1.82) is 0 Å². The standard InChI is InChI=1S/C20H32N6/c1-16-9-13-26(14-10-16)12-6-11-22-20(21-2)23-15-19-24-17-7-4-5-8-18(17)25(19)3/h4-5,7-8,16H,6,9-15H2,1-3H3,(H2,21,22,23). The molecular formula is C20H32N6. The molecule has 0 amide bonds. The Balaban J connectivity index is 1.41. The lowest BCUT2D eigenvalue weighted by Gasteiger charge is -2.30. The van der Waals surface area contributed by atoms with Gasteiger partial charge in [0.25, 0.3) is 0 Å². The van der Waals surface area contributed by atoms with Crippen LogP contribution in [0.3, 0.4) is 0 Å². The Bertz CT molecular complexity index is 727. The number of para-hydroxylation sites is 2. The molecule has 1 saturated heterocycles. The molecule has 0 bridgehead atoms. The molecule has 0 atom stereocenters. The summed E-state index contributed by atoms with van der Waals surface area (Å²) in [4.78, 5) is 11.6. The van der Waals surface area contributed by atoms with Crippen LogP contribution >= 0.6 is 0 Å². The average molecular weight is 357 g/mol. The number of guanidine groups is 1. The number of rotatable bonds is 6. The number of likely N-dealkylation sites (tertiary alicyclic amines) is 1. The molecule has 1 aromatic carbocycles. The number of imidazole rings is 1. The van der Waals surface area contributed by atoms with E-state index in [1.807, 2.05) is 25.2 Å². The van der Waals surface area contributed by atoms with Gasteiger partial charge < -0.3 is 20.1 Å². The number of aliphatic imine (C=N–C) groups is 1. The maximum Gasteiger partial charge on any atom is 0.191 e. The van der Waals surface area contributed by atoms with Gasteiger partial charge in [-0.2, -0.15) is 0 Å². The van der Waals surface area contributed by atoms with Crippen LogP contribution in [0.2, 0.25) is 0 Å². The summed E-state index contributed by atoms with van der Waals surface area (Å²) in [5.74, 6) is 2.75. The van der Waals surface area contributed by atoms with Crippen LogP contribution in [-0.2, 0) is 13.6 Å². The molecule has 6 heteroatoms. The van der Waals surface area contributed by atoms with Crippen molar-refractivity contribution >= 4 is 17.0 Å². The number of fused-ring (bicyclic) bond motifs is 1. The molecule has 3 rings (SSSR count). The van der Waals surface area contributed by atoms with Crippen LogP contribution in [0.5, 0.6) is 0 Å². The molecule has 0 radical (unpaired) electrons. The van der Waals surface area contributed by atoms with E-state index in [0.29, 0.717) is 6.54 Å². The van der Waals surface area contributed by atoms with Gasteiger partial charge in [-0.25, -0.2) is 4.98 Å². The van der Waals surface area contributed by atoms with E-state index in [1.54, 1.807) is 0 Å². The number of hydrogen-bond donors (Lipinski definition) is 2. The van der Waals surface area contributed by atoms with Crippen LogP contribution in [0, 0.1) is 5.92 Å². The van der Waals surface area contributed by atoms with Crippen molar-refractivity contribution in [2.75, 3.05) is 33.2 Å². The van der Waals surface area contributed by atoms with Gasteiger partial charge in [-0.3, -0.25) is 4.99 Å². The van der Waals surface area contributed by atoms with Gasteiger partial charge in [-0.1, -0.05) is 19.1 Å². The summed E-state index contributed by atoms with van der Waals surface area (Å²) in [6.07, 6.45) is 3.82. The average Bonchev–Trinajstić information content (AvgIpc) is 2.99.